The van der Waals surface area contributed by atoms with Gasteiger partial charge in [0, 0.05) is 18.7 Å². The Bertz CT molecular complexity index is 133. The van der Waals surface area contributed by atoms with Crippen LogP contribution in [0.1, 0.15) is 32.6 Å². The van der Waals surface area contributed by atoms with E-state index in [1.807, 2.05) is 0 Å². The smallest absolute Gasteiger partial charge is 0.0431 e. The summed E-state index contributed by atoms with van der Waals surface area (Å²) < 4.78 is 0. The van der Waals surface area contributed by atoms with Crippen LogP contribution in [0.5, 0.6) is 0 Å². The highest BCUT2D eigenvalue weighted by Crippen LogP contribution is 2.14. The van der Waals surface area contributed by atoms with E-state index in [1.54, 1.807) is 0 Å². The van der Waals surface area contributed by atoms with Gasteiger partial charge in [0.1, 0.15) is 0 Å². The fourth-order valence-electron chi connectivity index (χ4n) is 1.93. The first-order chi connectivity index (χ1) is 6.24. The summed E-state index contributed by atoms with van der Waals surface area (Å²) >= 11 is 0. The van der Waals surface area contributed by atoms with Crippen molar-refractivity contribution >= 4 is 0 Å². The Morgan fingerprint density at radius 2 is 2.08 bits per heavy atom. The van der Waals surface area contributed by atoms with Crippen molar-refractivity contribution in [1.29, 1.82) is 0 Å². The van der Waals surface area contributed by atoms with E-state index in [9.17, 15) is 0 Å². The molecule has 0 aromatic carbocycles. The summed E-state index contributed by atoms with van der Waals surface area (Å²) in [5.41, 5.74) is 5.83. The highest BCUT2D eigenvalue weighted by Gasteiger charge is 2.19. The zero-order valence-electron chi connectivity index (χ0n) is 8.58. The zero-order valence-corrected chi connectivity index (χ0v) is 8.58. The third-order valence-corrected chi connectivity index (χ3v) is 2.98. The van der Waals surface area contributed by atoms with Crippen LogP contribution in [0.4, 0.5) is 0 Å². The molecule has 3 heteroatoms. The molecule has 1 aliphatic heterocycles. The molecule has 0 aromatic heterocycles. The Morgan fingerprint density at radius 3 is 2.62 bits per heavy atom. The second kappa shape index (κ2) is 5.58. The maximum absolute atomic E-state index is 8.72. The van der Waals surface area contributed by atoms with Gasteiger partial charge in [-0.2, -0.15) is 0 Å². The largest absolute Gasteiger partial charge is 0.396 e. The van der Waals surface area contributed by atoms with Gasteiger partial charge < -0.3 is 15.7 Å². The summed E-state index contributed by atoms with van der Waals surface area (Å²) in [6.07, 6.45) is 4.28. The minimum Gasteiger partial charge on any atom is -0.396 e. The van der Waals surface area contributed by atoms with Crippen LogP contribution >= 0.6 is 0 Å². The number of aliphatic hydroxyl groups is 1. The average Bonchev–Trinajstić information content (AvgIpc) is 2.15. The third kappa shape index (κ3) is 3.63. The molecule has 1 fully saturated rings. The lowest BCUT2D eigenvalue weighted by molar-refractivity contribution is 0.147. The minimum atomic E-state index is 0.317. The first-order valence-corrected chi connectivity index (χ1v) is 5.34. The van der Waals surface area contributed by atoms with Crippen molar-refractivity contribution in [2.75, 3.05) is 19.7 Å². The van der Waals surface area contributed by atoms with Crippen molar-refractivity contribution < 1.29 is 5.11 Å². The molecule has 3 N–H and O–H groups in total. The molecule has 0 saturated carbocycles. The highest BCUT2D eigenvalue weighted by atomic mass is 16.2. The van der Waals surface area contributed by atoms with Crippen molar-refractivity contribution in [2.24, 2.45) is 5.73 Å². The number of likely N-dealkylation sites (tertiary alicyclic amines) is 1. The number of rotatable bonds is 4. The van der Waals surface area contributed by atoms with E-state index in [0.29, 0.717) is 18.7 Å². The van der Waals surface area contributed by atoms with Crippen LogP contribution in [0.2, 0.25) is 0 Å². The van der Waals surface area contributed by atoms with E-state index in [2.05, 4.69) is 11.8 Å². The van der Waals surface area contributed by atoms with Crippen LogP contribution in [-0.2, 0) is 0 Å². The molecule has 0 bridgehead atoms. The van der Waals surface area contributed by atoms with Gasteiger partial charge in [0.05, 0.1) is 0 Å². The van der Waals surface area contributed by atoms with Gasteiger partial charge in [-0.1, -0.05) is 0 Å². The summed E-state index contributed by atoms with van der Waals surface area (Å²) in [6.45, 7) is 4.83. The van der Waals surface area contributed by atoms with Crippen molar-refractivity contribution in [2.45, 2.75) is 44.7 Å². The van der Waals surface area contributed by atoms with Crippen LogP contribution in [0.15, 0.2) is 0 Å². The van der Waals surface area contributed by atoms with Crippen LogP contribution in [-0.4, -0.2) is 41.8 Å². The molecule has 0 amide bonds. The molecule has 78 valence electrons. The van der Waals surface area contributed by atoms with Crippen LogP contribution < -0.4 is 5.73 Å². The monoisotopic (exact) mass is 186 g/mol. The molecule has 0 aliphatic carbocycles. The quantitative estimate of drug-likeness (QED) is 0.675. The molecule has 1 unspecified atom stereocenters. The van der Waals surface area contributed by atoms with Crippen LogP contribution in [0.25, 0.3) is 0 Å². The molecule has 1 heterocycles. The number of nitrogens with zero attached hydrogens (tertiary/aromatic N) is 1. The molecule has 0 spiro atoms. The first kappa shape index (κ1) is 11.0. The van der Waals surface area contributed by atoms with Crippen molar-refractivity contribution in [1.82, 2.24) is 4.90 Å². The Morgan fingerprint density at radius 1 is 1.46 bits per heavy atom. The molecular weight excluding hydrogens is 164 g/mol. The van der Waals surface area contributed by atoms with Crippen molar-refractivity contribution in [3.63, 3.8) is 0 Å². The Balaban J connectivity index is 2.19. The summed E-state index contributed by atoms with van der Waals surface area (Å²) in [5.74, 6) is 0. The fourth-order valence-corrected chi connectivity index (χ4v) is 1.93. The maximum Gasteiger partial charge on any atom is 0.0431 e. The summed E-state index contributed by atoms with van der Waals surface area (Å²) in [7, 11) is 0. The van der Waals surface area contributed by atoms with Gasteiger partial charge in [-0.05, 0) is 45.7 Å². The summed E-state index contributed by atoms with van der Waals surface area (Å²) in [6, 6.07) is 1.03. The highest BCUT2D eigenvalue weighted by molar-refractivity contribution is 4.77. The van der Waals surface area contributed by atoms with E-state index >= 15 is 0 Å². The fraction of sp³-hybridized carbons (Fsp3) is 1.00. The Kier molecular flexibility index (Phi) is 4.70. The molecule has 1 rings (SSSR count). The summed E-state index contributed by atoms with van der Waals surface area (Å²) in [4.78, 5) is 2.49. The molecular formula is C10H22N2O. The lowest BCUT2D eigenvalue weighted by Crippen LogP contribution is -2.43. The maximum atomic E-state index is 8.72. The summed E-state index contributed by atoms with van der Waals surface area (Å²) in [5, 5.41) is 8.72. The number of hydrogen-bond donors (Lipinski definition) is 2. The van der Waals surface area contributed by atoms with E-state index < -0.39 is 0 Å². The van der Waals surface area contributed by atoms with Gasteiger partial charge in [-0.15, -0.1) is 0 Å². The third-order valence-electron chi connectivity index (χ3n) is 2.98. The zero-order chi connectivity index (χ0) is 9.68. The number of hydrogen-bond acceptors (Lipinski definition) is 3. The van der Waals surface area contributed by atoms with Gasteiger partial charge in [-0.25, -0.2) is 0 Å². The van der Waals surface area contributed by atoms with Gasteiger partial charge in [0.15, 0.2) is 0 Å². The predicted octanol–water partition coefficient (Wildman–Crippen LogP) is 0.570. The topological polar surface area (TPSA) is 49.5 Å². The number of aliphatic hydroxyl groups excluding tert-OH is 1. The molecule has 0 radical (unpaired) electrons. The van der Waals surface area contributed by atoms with E-state index in [4.69, 9.17) is 10.8 Å². The van der Waals surface area contributed by atoms with Crippen molar-refractivity contribution in [3.8, 4) is 0 Å². The molecule has 3 nitrogen and oxygen atoms in total. The SMILES string of the molecule is CC(CCCO)N1CCC(N)CC1. The standard InChI is InChI=1S/C10H22N2O/c1-9(3-2-8-13)12-6-4-10(11)5-7-12/h9-10,13H,2-8,11H2,1H3. The van der Waals surface area contributed by atoms with Crippen molar-refractivity contribution in [3.05, 3.63) is 0 Å². The molecule has 1 saturated heterocycles. The first-order valence-electron chi connectivity index (χ1n) is 5.34. The van der Waals surface area contributed by atoms with Gasteiger partial charge in [0.25, 0.3) is 0 Å². The Hall–Kier alpha value is -0.120. The molecule has 0 aromatic rings. The normalized spacial score (nSPS) is 23.3. The van der Waals surface area contributed by atoms with Crippen LogP contribution in [0.3, 0.4) is 0 Å². The van der Waals surface area contributed by atoms with E-state index in [1.165, 1.54) is 0 Å². The van der Waals surface area contributed by atoms with E-state index in [0.717, 1.165) is 38.8 Å². The number of nitrogens with two attached hydrogens (primary N) is 1. The lowest BCUT2D eigenvalue weighted by atomic mass is 10.0. The number of piperidine rings is 1. The average molecular weight is 186 g/mol. The Labute approximate surface area is 80.9 Å². The predicted molar refractivity (Wildman–Crippen MR) is 54.6 cm³/mol. The molecule has 1 aliphatic rings. The van der Waals surface area contributed by atoms with E-state index in [-0.39, 0.29) is 0 Å². The van der Waals surface area contributed by atoms with Gasteiger partial charge >= 0.3 is 0 Å². The second-order valence-electron chi connectivity index (χ2n) is 4.09. The van der Waals surface area contributed by atoms with Gasteiger partial charge in [0.2, 0.25) is 0 Å². The molecule has 13 heavy (non-hydrogen) atoms. The lowest BCUT2D eigenvalue weighted by Gasteiger charge is -2.34. The minimum absolute atomic E-state index is 0.317. The second-order valence-corrected chi connectivity index (χ2v) is 4.09. The molecule has 1 atom stereocenters. The van der Waals surface area contributed by atoms with Gasteiger partial charge in [-0.3, -0.25) is 0 Å². The van der Waals surface area contributed by atoms with Crippen LogP contribution in [0, 0.1) is 0 Å².